The Hall–Kier alpha value is -2.54. The number of carbonyl (C=O) groups excluding carboxylic acids is 1. The molecule has 0 saturated carbocycles. The molecule has 0 spiro atoms. The second-order valence-electron chi connectivity index (χ2n) is 6.39. The van der Waals surface area contributed by atoms with Crippen LogP contribution < -0.4 is 5.56 Å². The summed E-state index contributed by atoms with van der Waals surface area (Å²) in [5, 5.41) is 0.507. The molecular formula is C20H19BrFN3O2. The molecule has 0 N–H and O–H groups in total. The molecule has 3 rings (SSSR count). The average Bonchev–Trinajstić information content (AvgIpc) is 2.67. The summed E-state index contributed by atoms with van der Waals surface area (Å²) in [6.45, 7) is 2.13. The maximum absolute atomic E-state index is 13.1. The van der Waals surface area contributed by atoms with Crippen LogP contribution in [0.15, 0.2) is 58.1 Å². The molecule has 5 nitrogen and oxygen atoms in total. The standard InChI is InChI=1S/C20H19BrFN3O2/c1-13(14-3-6-16(22)7-4-14)24(2)19(26)9-10-25-12-23-18-8-5-15(21)11-17(18)20(25)27/h3-8,11-13H,9-10H2,1-2H3. The van der Waals surface area contributed by atoms with Gasteiger partial charge in [-0.2, -0.15) is 0 Å². The van der Waals surface area contributed by atoms with Crippen molar-refractivity contribution in [2.75, 3.05) is 7.05 Å². The molecule has 1 unspecified atom stereocenters. The SMILES string of the molecule is CC(c1ccc(F)cc1)N(C)C(=O)CCn1cnc2ccc(Br)cc2c1=O. The van der Waals surface area contributed by atoms with Gasteiger partial charge in [0.05, 0.1) is 23.3 Å². The highest BCUT2D eigenvalue weighted by atomic mass is 79.9. The summed E-state index contributed by atoms with van der Waals surface area (Å²) in [5.74, 6) is -0.414. The highest BCUT2D eigenvalue weighted by Gasteiger charge is 2.17. The first-order valence-corrected chi connectivity index (χ1v) is 9.32. The number of rotatable bonds is 5. The highest BCUT2D eigenvalue weighted by Crippen LogP contribution is 2.20. The van der Waals surface area contributed by atoms with Gasteiger partial charge in [-0.3, -0.25) is 14.2 Å². The summed E-state index contributed by atoms with van der Waals surface area (Å²) < 4.78 is 15.3. The zero-order chi connectivity index (χ0) is 19.6. The molecule has 0 fully saturated rings. The summed E-state index contributed by atoms with van der Waals surface area (Å²) >= 11 is 3.35. The number of hydrogen-bond donors (Lipinski definition) is 0. The van der Waals surface area contributed by atoms with Crippen LogP contribution in [0.5, 0.6) is 0 Å². The number of fused-ring (bicyclic) bond motifs is 1. The number of carbonyl (C=O) groups is 1. The summed E-state index contributed by atoms with van der Waals surface area (Å²) in [5.41, 5.74) is 1.29. The molecule has 0 aliphatic carbocycles. The van der Waals surface area contributed by atoms with Gasteiger partial charge in [0, 0.05) is 24.5 Å². The van der Waals surface area contributed by atoms with Crippen LogP contribution in [0.1, 0.15) is 24.9 Å². The summed E-state index contributed by atoms with van der Waals surface area (Å²) in [6, 6.07) is 11.2. The molecule has 1 heterocycles. The summed E-state index contributed by atoms with van der Waals surface area (Å²) in [6.07, 6.45) is 1.64. The zero-order valence-corrected chi connectivity index (χ0v) is 16.6. The summed E-state index contributed by atoms with van der Waals surface area (Å²) in [4.78, 5) is 31.0. The lowest BCUT2D eigenvalue weighted by molar-refractivity contribution is -0.132. The number of amides is 1. The van der Waals surface area contributed by atoms with E-state index in [1.54, 1.807) is 36.2 Å². The van der Waals surface area contributed by atoms with Crippen LogP contribution in [-0.2, 0) is 11.3 Å². The van der Waals surface area contributed by atoms with Crippen molar-refractivity contribution >= 4 is 32.7 Å². The Labute approximate surface area is 164 Å². The minimum absolute atomic E-state index is 0.104. The Morgan fingerprint density at radius 1 is 1.26 bits per heavy atom. The average molecular weight is 432 g/mol. The van der Waals surface area contributed by atoms with Gasteiger partial charge < -0.3 is 4.90 Å². The van der Waals surface area contributed by atoms with Crippen molar-refractivity contribution < 1.29 is 9.18 Å². The number of halogens is 2. The first kappa shape index (κ1) is 19.2. The van der Waals surface area contributed by atoms with Crippen molar-refractivity contribution in [1.82, 2.24) is 14.5 Å². The second-order valence-corrected chi connectivity index (χ2v) is 7.30. The predicted octanol–water partition coefficient (Wildman–Crippen LogP) is 3.91. The van der Waals surface area contributed by atoms with Gasteiger partial charge in [-0.05, 0) is 42.8 Å². The maximum atomic E-state index is 13.1. The van der Waals surface area contributed by atoms with Gasteiger partial charge in [0.2, 0.25) is 5.91 Å². The minimum atomic E-state index is -0.310. The van der Waals surface area contributed by atoms with E-state index in [4.69, 9.17) is 0 Å². The van der Waals surface area contributed by atoms with Gasteiger partial charge in [0.25, 0.3) is 5.56 Å². The van der Waals surface area contributed by atoms with Gasteiger partial charge in [0.15, 0.2) is 0 Å². The quantitative estimate of drug-likeness (QED) is 0.615. The van der Waals surface area contributed by atoms with Gasteiger partial charge in [-0.15, -0.1) is 0 Å². The van der Waals surface area contributed by atoms with Crippen molar-refractivity contribution in [2.45, 2.75) is 25.9 Å². The van der Waals surface area contributed by atoms with E-state index >= 15 is 0 Å². The Bertz CT molecular complexity index is 1030. The van der Waals surface area contributed by atoms with Crippen LogP contribution in [0, 0.1) is 5.82 Å². The molecule has 0 radical (unpaired) electrons. The van der Waals surface area contributed by atoms with Crippen molar-refractivity contribution in [3.05, 3.63) is 75.0 Å². The number of hydrogen-bond acceptors (Lipinski definition) is 3. The Morgan fingerprint density at radius 2 is 1.96 bits per heavy atom. The molecule has 0 aliphatic rings. The molecule has 1 aromatic heterocycles. The predicted molar refractivity (Wildman–Crippen MR) is 106 cm³/mol. The van der Waals surface area contributed by atoms with Crippen LogP contribution in [0.2, 0.25) is 0 Å². The number of nitrogens with zero attached hydrogens (tertiary/aromatic N) is 3. The molecule has 2 aromatic carbocycles. The van der Waals surface area contributed by atoms with Crippen molar-refractivity contribution in [2.24, 2.45) is 0 Å². The minimum Gasteiger partial charge on any atom is -0.339 e. The Morgan fingerprint density at radius 3 is 2.67 bits per heavy atom. The third-order valence-electron chi connectivity index (χ3n) is 4.68. The topological polar surface area (TPSA) is 55.2 Å². The lowest BCUT2D eigenvalue weighted by Crippen LogP contribution is -2.31. The fourth-order valence-electron chi connectivity index (χ4n) is 2.86. The van der Waals surface area contributed by atoms with Crippen LogP contribution in [-0.4, -0.2) is 27.4 Å². The lowest BCUT2D eigenvalue weighted by atomic mass is 10.1. The molecule has 7 heteroatoms. The molecule has 0 aliphatic heterocycles. The third-order valence-corrected chi connectivity index (χ3v) is 5.17. The number of aryl methyl sites for hydroxylation is 1. The van der Waals surface area contributed by atoms with Gasteiger partial charge in [-0.25, -0.2) is 9.37 Å². The Balaban J connectivity index is 1.71. The normalized spacial score (nSPS) is 12.1. The van der Waals surface area contributed by atoms with E-state index in [0.717, 1.165) is 10.0 Å². The summed E-state index contributed by atoms with van der Waals surface area (Å²) in [7, 11) is 1.70. The molecule has 140 valence electrons. The monoisotopic (exact) mass is 431 g/mol. The van der Waals surface area contributed by atoms with Crippen LogP contribution >= 0.6 is 15.9 Å². The molecule has 27 heavy (non-hydrogen) atoms. The zero-order valence-electron chi connectivity index (χ0n) is 15.0. The molecular weight excluding hydrogens is 413 g/mol. The molecule has 1 atom stereocenters. The van der Waals surface area contributed by atoms with Gasteiger partial charge in [0.1, 0.15) is 5.82 Å². The molecule has 3 aromatic rings. The maximum Gasteiger partial charge on any atom is 0.261 e. The van der Waals surface area contributed by atoms with E-state index in [0.29, 0.717) is 10.9 Å². The molecule has 0 bridgehead atoms. The largest absolute Gasteiger partial charge is 0.339 e. The van der Waals surface area contributed by atoms with Crippen LogP contribution in [0.25, 0.3) is 10.9 Å². The fourth-order valence-corrected chi connectivity index (χ4v) is 3.22. The van der Waals surface area contributed by atoms with Crippen LogP contribution in [0.4, 0.5) is 4.39 Å². The van der Waals surface area contributed by atoms with Crippen molar-refractivity contribution in [3.8, 4) is 0 Å². The van der Waals surface area contributed by atoms with E-state index in [1.807, 2.05) is 13.0 Å². The lowest BCUT2D eigenvalue weighted by Gasteiger charge is -2.25. The number of benzene rings is 2. The second kappa shape index (κ2) is 8.00. The first-order chi connectivity index (χ1) is 12.9. The van der Waals surface area contributed by atoms with E-state index in [-0.39, 0.29) is 36.3 Å². The number of aromatic nitrogens is 2. The molecule has 1 amide bonds. The third kappa shape index (κ3) is 4.24. The fraction of sp³-hybridized carbons (Fsp3) is 0.250. The van der Waals surface area contributed by atoms with Gasteiger partial charge >= 0.3 is 0 Å². The first-order valence-electron chi connectivity index (χ1n) is 8.52. The van der Waals surface area contributed by atoms with E-state index in [1.165, 1.54) is 23.0 Å². The highest BCUT2D eigenvalue weighted by molar-refractivity contribution is 9.10. The van der Waals surface area contributed by atoms with E-state index in [9.17, 15) is 14.0 Å². The van der Waals surface area contributed by atoms with Crippen LogP contribution in [0.3, 0.4) is 0 Å². The molecule has 0 saturated heterocycles. The van der Waals surface area contributed by atoms with Crippen molar-refractivity contribution in [1.29, 1.82) is 0 Å². The van der Waals surface area contributed by atoms with Crippen molar-refractivity contribution in [3.63, 3.8) is 0 Å². The smallest absolute Gasteiger partial charge is 0.261 e. The van der Waals surface area contributed by atoms with E-state index < -0.39 is 0 Å². The Kier molecular flexibility index (Phi) is 5.70. The van der Waals surface area contributed by atoms with E-state index in [2.05, 4.69) is 20.9 Å². The van der Waals surface area contributed by atoms with Gasteiger partial charge in [-0.1, -0.05) is 28.1 Å².